The lowest BCUT2D eigenvalue weighted by Crippen LogP contribution is -2.16. The summed E-state index contributed by atoms with van der Waals surface area (Å²) < 4.78 is 12.4. The molecule has 0 aromatic heterocycles. The summed E-state index contributed by atoms with van der Waals surface area (Å²) in [6, 6.07) is 21.2. The van der Waals surface area contributed by atoms with Gasteiger partial charge in [0.05, 0.1) is 0 Å². The van der Waals surface area contributed by atoms with Gasteiger partial charge in [-0.1, -0.05) is 139 Å². The standard InChI is InChI=1S/C50H64N2O4/c1-15-32-24-40(48(6,7)8)25-33(43(32)53)22-37-29-42(50(12,13)14)30-38(46(37)56-19-17-52)23-35-27-41(49(9,10)11)26-34(44(35)54)21-36-28-39(47(3,4)5)20-31(2)45(36)55-18-16-51/h20,24-30,53-54H,15,18-19,21-23H2,1-14H3. The molecule has 0 aliphatic carbocycles. The van der Waals surface area contributed by atoms with Crippen LogP contribution in [0.3, 0.4) is 0 Å². The first kappa shape index (κ1) is 43.8. The van der Waals surface area contributed by atoms with Gasteiger partial charge in [-0.15, -0.1) is 0 Å². The molecule has 0 radical (unpaired) electrons. The Kier molecular flexibility index (Phi) is 13.0. The number of nitriles is 2. The minimum absolute atomic E-state index is 0.0715. The molecule has 2 N–H and O–H groups in total. The maximum Gasteiger partial charge on any atom is 0.174 e. The highest BCUT2D eigenvalue weighted by molar-refractivity contribution is 5.57. The fraction of sp³-hybridized carbons (Fsp3) is 0.480. The molecule has 4 rings (SSSR count). The fourth-order valence-corrected chi connectivity index (χ4v) is 7.14. The van der Waals surface area contributed by atoms with Gasteiger partial charge in [0.1, 0.15) is 35.1 Å². The number of nitrogens with zero attached hydrogens (tertiary/aromatic N) is 2. The first-order valence-corrected chi connectivity index (χ1v) is 19.9. The highest BCUT2D eigenvalue weighted by Crippen LogP contribution is 2.42. The summed E-state index contributed by atoms with van der Waals surface area (Å²) in [7, 11) is 0. The molecule has 0 aliphatic heterocycles. The average Bonchev–Trinajstić information content (AvgIpc) is 3.08. The maximum absolute atomic E-state index is 12.2. The zero-order valence-corrected chi connectivity index (χ0v) is 36.5. The number of aromatic hydroxyl groups is 2. The second-order valence-corrected chi connectivity index (χ2v) is 19.5. The van der Waals surface area contributed by atoms with Gasteiger partial charge in [-0.2, -0.15) is 10.5 Å². The quantitative estimate of drug-likeness (QED) is 0.158. The van der Waals surface area contributed by atoms with Crippen LogP contribution in [0, 0.1) is 29.6 Å². The van der Waals surface area contributed by atoms with Gasteiger partial charge in [0.2, 0.25) is 0 Å². The van der Waals surface area contributed by atoms with E-state index in [0.29, 0.717) is 42.9 Å². The topological polar surface area (TPSA) is 107 Å². The maximum atomic E-state index is 12.2. The molecule has 6 nitrogen and oxygen atoms in total. The third kappa shape index (κ3) is 10.3. The number of aryl methyl sites for hydroxylation is 2. The van der Waals surface area contributed by atoms with Crippen molar-refractivity contribution in [2.24, 2.45) is 0 Å². The van der Waals surface area contributed by atoms with Crippen LogP contribution in [-0.4, -0.2) is 23.4 Å². The molecule has 0 amide bonds. The molecule has 0 bridgehead atoms. The number of hydrogen-bond donors (Lipinski definition) is 2. The average molecular weight is 757 g/mol. The van der Waals surface area contributed by atoms with Crippen LogP contribution in [0.25, 0.3) is 0 Å². The number of benzene rings is 4. The molecule has 4 aromatic carbocycles. The van der Waals surface area contributed by atoms with Crippen molar-refractivity contribution >= 4 is 0 Å². The number of ether oxygens (including phenoxy) is 2. The highest BCUT2D eigenvalue weighted by Gasteiger charge is 2.27. The summed E-state index contributed by atoms with van der Waals surface area (Å²) in [4.78, 5) is 0. The van der Waals surface area contributed by atoms with E-state index in [2.05, 4.69) is 151 Å². The van der Waals surface area contributed by atoms with Crippen molar-refractivity contribution in [1.82, 2.24) is 0 Å². The van der Waals surface area contributed by atoms with Crippen molar-refractivity contribution in [2.75, 3.05) is 13.2 Å². The molecule has 56 heavy (non-hydrogen) atoms. The Hall–Kier alpha value is -4.94. The van der Waals surface area contributed by atoms with E-state index in [1.165, 1.54) is 0 Å². The minimum atomic E-state index is -0.231. The molecule has 4 aromatic rings. The van der Waals surface area contributed by atoms with Gasteiger partial charge in [-0.05, 0) is 102 Å². The molecule has 298 valence electrons. The van der Waals surface area contributed by atoms with E-state index >= 15 is 0 Å². The summed E-state index contributed by atoms with van der Waals surface area (Å²) in [5.74, 6) is 1.75. The van der Waals surface area contributed by atoms with Crippen LogP contribution in [0.15, 0.2) is 48.5 Å². The van der Waals surface area contributed by atoms with Crippen LogP contribution < -0.4 is 9.47 Å². The van der Waals surface area contributed by atoms with Crippen LogP contribution in [0.4, 0.5) is 0 Å². The van der Waals surface area contributed by atoms with Crippen molar-refractivity contribution in [1.29, 1.82) is 10.5 Å². The predicted molar refractivity (Wildman–Crippen MR) is 229 cm³/mol. The van der Waals surface area contributed by atoms with Gasteiger partial charge in [0, 0.05) is 19.3 Å². The third-order valence-corrected chi connectivity index (χ3v) is 10.7. The van der Waals surface area contributed by atoms with Gasteiger partial charge >= 0.3 is 0 Å². The van der Waals surface area contributed by atoms with Gasteiger partial charge in [0.15, 0.2) is 13.2 Å². The third-order valence-electron chi connectivity index (χ3n) is 10.7. The van der Waals surface area contributed by atoms with Crippen molar-refractivity contribution in [3.8, 4) is 35.1 Å². The van der Waals surface area contributed by atoms with Crippen LogP contribution in [0.2, 0.25) is 0 Å². The summed E-state index contributed by atoms with van der Waals surface area (Å²) in [5, 5.41) is 42.9. The first-order chi connectivity index (χ1) is 25.9. The normalized spacial score (nSPS) is 12.3. The zero-order chi connectivity index (χ0) is 42.0. The molecule has 0 saturated heterocycles. The summed E-state index contributed by atoms with van der Waals surface area (Å²) in [6.07, 6.45) is 1.87. The minimum Gasteiger partial charge on any atom is -0.507 e. The molecular weight excluding hydrogens is 693 g/mol. The van der Waals surface area contributed by atoms with E-state index in [4.69, 9.17) is 9.47 Å². The Bertz CT molecular complexity index is 2150. The SMILES string of the molecule is CCc1cc(C(C)(C)C)cc(Cc2cc(C(C)(C)C)cc(Cc3cc(C(C)(C)C)cc(Cc4cc(C(C)(C)C)cc(C)c4OCC#N)c3O)c2OCC#N)c1O. The van der Waals surface area contributed by atoms with Gasteiger partial charge in [-0.3, -0.25) is 0 Å². The Morgan fingerprint density at radius 1 is 0.464 bits per heavy atom. The lowest BCUT2D eigenvalue weighted by atomic mass is 9.80. The molecular formula is C50H64N2O4. The van der Waals surface area contributed by atoms with Gasteiger partial charge < -0.3 is 19.7 Å². The number of hydrogen-bond acceptors (Lipinski definition) is 6. The largest absolute Gasteiger partial charge is 0.507 e. The van der Waals surface area contributed by atoms with Crippen molar-refractivity contribution in [2.45, 2.75) is 144 Å². The summed E-state index contributed by atoms with van der Waals surface area (Å²) in [5.41, 5.74) is 10.6. The molecule has 0 spiro atoms. The second-order valence-electron chi connectivity index (χ2n) is 19.5. The van der Waals surface area contributed by atoms with Crippen LogP contribution in [0.5, 0.6) is 23.0 Å². The Balaban J connectivity index is 1.98. The lowest BCUT2D eigenvalue weighted by Gasteiger charge is -2.27. The van der Waals surface area contributed by atoms with Gasteiger partial charge in [-0.25, -0.2) is 0 Å². The monoisotopic (exact) mass is 756 g/mol. The van der Waals surface area contributed by atoms with Crippen molar-refractivity contribution in [3.05, 3.63) is 115 Å². The van der Waals surface area contributed by atoms with Crippen LogP contribution >= 0.6 is 0 Å². The molecule has 0 aliphatic rings. The van der Waals surface area contributed by atoms with Gasteiger partial charge in [0.25, 0.3) is 0 Å². The second kappa shape index (κ2) is 16.7. The van der Waals surface area contributed by atoms with Crippen LogP contribution in [-0.2, 0) is 47.3 Å². The Labute approximate surface area is 337 Å². The van der Waals surface area contributed by atoms with E-state index < -0.39 is 0 Å². The molecule has 0 fully saturated rings. The predicted octanol–water partition coefficient (Wildman–Crippen LogP) is 11.7. The fourth-order valence-electron chi connectivity index (χ4n) is 7.14. The number of rotatable bonds is 11. The lowest BCUT2D eigenvalue weighted by molar-refractivity contribution is 0.360. The van der Waals surface area contributed by atoms with E-state index in [1.807, 2.05) is 6.92 Å². The molecule has 0 unspecified atom stereocenters. The molecule has 0 saturated carbocycles. The molecule has 0 heterocycles. The smallest absolute Gasteiger partial charge is 0.174 e. The summed E-state index contributed by atoms with van der Waals surface area (Å²) >= 11 is 0. The number of phenols is 2. The Morgan fingerprint density at radius 2 is 0.750 bits per heavy atom. The Morgan fingerprint density at radius 3 is 1.09 bits per heavy atom. The zero-order valence-electron chi connectivity index (χ0n) is 36.5. The van der Waals surface area contributed by atoms with Crippen LogP contribution in [0.1, 0.15) is 157 Å². The van der Waals surface area contributed by atoms with E-state index in [1.54, 1.807) is 0 Å². The summed E-state index contributed by atoms with van der Waals surface area (Å²) in [6.45, 7) is 29.9. The highest BCUT2D eigenvalue weighted by atomic mass is 16.5. The van der Waals surface area contributed by atoms with E-state index in [9.17, 15) is 20.7 Å². The molecule has 6 heteroatoms. The van der Waals surface area contributed by atoms with E-state index in [-0.39, 0.29) is 40.6 Å². The molecule has 0 atom stereocenters. The first-order valence-electron chi connectivity index (χ1n) is 19.9. The van der Waals surface area contributed by atoms with E-state index in [0.717, 1.165) is 66.8 Å². The van der Waals surface area contributed by atoms with Crippen molar-refractivity contribution < 1.29 is 19.7 Å². The van der Waals surface area contributed by atoms with Crippen molar-refractivity contribution in [3.63, 3.8) is 0 Å². The number of phenolic OH excluding ortho intramolecular Hbond substituents is 2.